The van der Waals surface area contributed by atoms with Gasteiger partial charge in [0.1, 0.15) is 5.82 Å². The number of piperidine rings is 1. The Morgan fingerprint density at radius 1 is 1.17 bits per heavy atom. The first-order valence-corrected chi connectivity index (χ1v) is 12.6. The van der Waals surface area contributed by atoms with Crippen molar-refractivity contribution in [2.45, 2.75) is 23.0 Å². The molecule has 2 aromatic carbocycles. The van der Waals surface area contributed by atoms with Crippen LogP contribution >= 0.6 is 38.9 Å². The number of rotatable bonds is 4. The third-order valence-electron chi connectivity index (χ3n) is 5.00. The molecule has 1 aliphatic rings. The van der Waals surface area contributed by atoms with Crippen LogP contribution in [0.15, 0.2) is 57.2 Å². The Labute approximate surface area is 186 Å². The van der Waals surface area contributed by atoms with Crippen molar-refractivity contribution in [3.05, 3.63) is 63.2 Å². The Balaban J connectivity index is 1.47. The molecule has 0 atom stereocenters. The molecule has 0 aliphatic carbocycles. The molecule has 2 heterocycles. The summed E-state index contributed by atoms with van der Waals surface area (Å²) in [6.45, 7) is 1.23. The van der Waals surface area contributed by atoms with Crippen LogP contribution in [-0.2, 0) is 9.84 Å². The summed E-state index contributed by atoms with van der Waals surface area (Å²) in [6.07, 6.45) is 1.09. The largest absolute Gasteiger partial charge is 0.348 e. The number of sulfone groups is 1. The molecule has 1 fully saturated rings. The first-order chi connectivity index (χ1) is 13.9. The number of anilines is 1. The predicted molar refractivity (Wildman–Crippen MR) is 119 cm³/mol. The van der Waals surface area contributed by atoms with E-state index in [1.54, 1.807) is 36.4 Å². The molecule has 0 unspecified atom stereocenters. The SMILES string of the molecule is O=S(=O)(c1ccccc1Br)C1CCN(c2nc(-c3ccc(F)c(Cl)c3)cs2)CC1. The van der Waals surface area contributed by atoms with E-state index in [1.165, 1.54) is 17.4 Å². The monoisotopic (exact) mass is 514 g/mol. The van der Waals surface area contributed by atoms with Crippen molar-refractivity contribution in [1.29, 1.82) is 0 Å². The van der Waals surface area contributed by atoms with E-state index < -0.39 is 20.9 Å². The van der Waals surface area contributed by atoms with Crippen LogP contribution in [0, 0.1) is 5.82 Å². The topological polar surface area (TPSA) is 50.3 Å². The van der Waals surface area contributed by atoms with Crippen molar-refractivity contribution < 1.29 is 12.8 Å². The molecule has 1 saturated heterocycles. The summed E-state index contributed by atoms with van der Waals surface area (Å²) in [4.78, 5) is 7.09. The van der Waals surface area contributed by atoms with Gasteiger partial charge in [0.2, 0.25) is 0 Å². The zero-order valence-electron chi connectivity index (χ0n) is 15.2. The van der Waals surface area contributed by atoms with Gasteiger partial charge in [-0.05, 0) is 59.1 Å². The minimum atomic E-state index is -3.39. The highest BCUT2D eigenvalue weighted by atomic mass is 79.9. The molecule has 152 valence electrons. The lowest BCUT2D eigenvalue weighted by atomic mass is 10.1. The summed E-state index contributed by atoms with van der Waals surface area (Å²) >= 11 is 10.7. The fraction of sp³-hybridized carbons (Fsp3) is 0.250. The summed E-state index contributed by atoms with van der Waals surface area (Å²) in [6, 6.07) is 11.5. The maximum absolute atomic E-state index is 13.4. The molecule has 3 aromatic rings. The van der Waals surface area contributed by atoms with Crippen molar-refractivity contribution in [2.75, 3.05) is 18.0 Å². The van der Waals surface area contributed by atoms with Gasteiger partial charge in [-0.2, -0.15) is 0 Å². The molecule has 0 spiro atoms. The fourth-order valence-corrected chi connectivity index (χ4v) is 7.24. The number of halogens is 3. The lowest BCUT2D eigenvalue weighted by Gasteiger charge is -2.31. The van der Waals surface area contributed by atoms with Gasteiger partial charge in [-0.3, -0.25) is 0 Å². The normalized spacial score (nSPS) is 15.6. The van der Waals surface area contributed by atoms with E-state index >= 15 is 0 Å². The average Bonchev–Trinajstić information content (AvgIpc) is 3.20. The first kappa shape index (κ1) is 20.8. The van der Waals surface area contributed by atoms with Crippen LogP contribution in [0.5, 0.6) is 0 Å². The summed E-state index contributed by atoms with van der Waals surface area (Å²) < 4.78 is 40.0. The minimum Gasteiger partial charge on any atom is -0.348 e. The Morgan fingerprint density at radius 3 is 2.59 bits per heavy atom. The zero-order valence-corrected chi connectivity index (χ0v) is 19.2. The van der Waals surface area contributed by atoms with Gasteiger partial charge in [0.25, 0.3) is 0 Å². The van der Waals surface area contributed by atoms with Crippen LogP contribution < -0.4 is 4.90 Å². The van der Waals surface area contributed by atoms with Crippen LogP contribution in [-0.4, -0.2) is 31.7 Å². The van der Waals surface area contributed by atoms with E-state index in [9.17, 15) is 12.8 Å². The Kier molecular flexibility index (Phi) is 5.97. The van der Waals surface area contributed by atoms with E-state index in [1.807, 2.05) is 5.38 Å². The molecule has 4 rings (SSSR count). The quantitative estimate of drug-likeness (QED) is 0.440. The van der Waals surface area contributed by atoms with Crippen LogP contribution in [0.25, 0.3) is 11.3 Å². The number of nitrogens with zero attached hydrogens (tertiary/aromatic N) is 2. The van der Waals surface area contributed by atoms with E-state index in [4.69, 9.17) is 11.6 Å². The van der Waals surface area contributed by atoms with E-state index in [0.717, 1.165) is 16.4 Å². The van der Waals surface area contributed by atoms with E-state index in [2.05, 4.69) is 25.8 Å². The molecule has 1 aromatic heterocycles. The summed E-state index contributed by atoms with van der Waals surface area (Å²) in [5.41, 5.74) is 1.49. The molecule has 4 nitrogen and oxygen atoms in total. The second kappa shape index (κ2) is 8.34. The fourth-order valence-electron chi connectivity index (χ4n) is 3.41. The molecular weight excluding hydrogens is 499 g/mol. The predicted octanol–water partition coefficient (Wildman–Crippen LogP) is 5.81. The van der Waals surface area contributed by atoms with E-state index in [0.29, 0.717) is 35.3 Å². The highest BCUT2D eigenvalue weighted by Gasteiger charge is 2.33. The third kappa shape index (κ3) is 4.21. The van der Waals surface area contributed by atoms with Crippen LogP contribution in [0.2, 0.25) is 5.02 Å². The maximum Gasteiger partial charge on any atom is 0.185 e. The maximum atomic E-state index is 13.4. The van der Waals surface area contributed by atoms with Gasteiger partial charge in [-0.1, -0.05) is 23.7 Å². The molecule has 0 amide bonds. The third-order valence-corrected chi connectivity index (χ3v) is 9.47. The van der Waals surface area contributed by atoms with Crippen molar-refractivity contribution >= 4 is 53.8 Å². The van der Waals surface area contributed by atoms with Gasteiger partial charge >= 0.3 is 0 Å². The lowest BCUT2D eigenvalue weighted by molar-refractivity contribution is 0.529. The summed E-state index contributed by atoms with van der Waals surface area (Å²) in [5.74, 6) is -0.459. The van der Waals surface area contributed by atoms with Gasteiger partial charge in [0.15, 0.2) is 15.0 Å². The van der Waals surface area contributed by atoms with Gasteiger partial charge in [0.05, 0.1) is 20.9 Å². The number of hydrogen-bond donors (Lipinski definition) is 0. The number of hydrogen-bond acceptors (Lipinski definition) is 5. The van der Waals surface area contributed by atoms with E-state index in [-0.39, 0.29) is 5.02 Å². The van der Waals surface area contributed by atoms with Crippen molar-refractivity contribution in [1.82, 2.24) is 4.98 Å². The molecule has 0 saturated carbocycles. The molecule has 29 heavy (non-hydrogen) atoms. The molecule has 9 heteroatoms. The molecule has 0 N–H and O–H groups in total. The molecule has 0 radical (unpaired) electrons. The van der Waals surface area contributed by atoms with Gasteiger partial charge in [0, 0.05) is 28.5 Å². The molecule has 0 bridgehead atoms. The summed E-state index contributed by atoms with van der Waals surface area (Å²) in [5, 5.41) is 2.39. The number of benzene rings is 2. The zero-order chi connectivity index (χ0) is 20.6. The van der Waals surface area contributed by atoms with Crippen molar-refractivity contribution in [3.63, 3.8) is 0 Å². The number of thiazole rings is 1. The number of aromatic nitrogens is 1. The van der Waals surface area contributed by atoms with Crippen LogP contribution in [0.4, 0.5) is 9.52 Å². The van der Waals surface area contributed by atoms with Crippen LogP contribution in [0.3, 0.4) is 0 Å². The standard InChI is InChI=1S/C20H17BrClFN2O2S2/c21-15-3-1-2-4-19(15)29(26,27)14-7-9-25(10-8-14)20-24-18(12-28-20)13-5-6-17(23)16(22)11-13/h1-6,11-12,14H,7-10H2. The second-order valence-electron chi connectivity index (χ2n) is 6.81. The van der Waals surface area contributed by atoms with Crippen LogP contribution in [0.1, 0.15) is 12.8 Å². The Bertz CT molecular complexity index is 1140. The highest BCUT2D eigenvalue weighted by Crippen LogP contribution is 2.34. The van der Waals surface area contributed by atoms with Crippen molar-refractivity contribution in [2.24, 2.45) is 0 Å². The first-order valence-electron chi connectivity index (χ1n) is 9.00. The van der Waals surface area contributed by atoms with Gasteiger partial charge < -0.3 is 4.90 Å². The minimum absolute atomic E-state index is 0.0649. The van der Waals surface area contributed by atoms with Crippen molar-refractivity contribution in [3.8, 4) is 11.3 Å². The smallest absolute Gasteiger partial charge is 0.185 e. The highest BCUT2D eigenvalue weighted by molar-refractivity contribution is 9.10. The Morgan fingerprint density at radius 2 is 1.90 bits per heavy atom. The van der Waals surface area contributed by atoms with Gasteiger partial charge in [-0.25, -0.2) is 17.8 Å². The Hall–Kier alpha value is -1.48. The molecule has 1 aliphatic heterocycles. The molecular formula is C20H17BrClFN2O2S2. The average molecular weight is 516 g/mol. The lowest BCUT2D eigenvalue weighted by Crippen LogP contribution is -2.39. The second-order valence-corrected chi connectivity index (χ2v) is 11.1. The summed E-state index contributed by atoms with van der Waals surface area (Å²) in [7, 11) is -3.39. The van der Waals surface area contributed by atoms with Gasteiger partial charge in [-0.15, -0.1) is 11.3 Å².